The highest BCUT2D eigenvalue weighted by Gasteiger charge is 2.14. The molecule has 1 N–H and O–H groups in total. The second-order valence-corrected chi connectivity index (χ2v) is 7.86. The van der Waals surface area contributed by atoms with Crippen LogP contribution in [0.3, 0.4) is 0 Å². The molecule has 1 aliphatic heterocycles. The van der Waals surface area contributed by atoms with Crippen LogP contribution in [-0.2, 0) is 6.54 Å². The van der Waals surface area contributed by atoms with Gasteiger partial charge in [-0.1, -0.05) is 27.5 Å². The number of halogens is 2. The number of hydrogen-bond acceptors (Lipinski definition) is 4. The summed E-state index contributed by atoms with van der Waals surface area (Å²) in [5.41, 5.74) is 3.22. The van der Waals surface area contributed by atoms with Crippen LogP contribution in [0.4, 0.5) is 11.4 Å². The number of ether oxygens (including phenoxy) is 2. The monoisotopic (exact) mass is 452 g/mol. The minimum absolute atomic E-state index is 0.599. The van der Waals surface area contributed by atoms with Crippen LogP contribution in [0.2, 0.25) is 5.02 Å². The van der Waals surface area contributed by atoms with Crippen LogP contribution < -0.4 is 19.7 Å². The molecular weight excluding hydrogens is 428 g/mol. The van der Waals surface area contributed by atoms with Gasteiger partial charge in [-0.25, -0.2) is 0 Å². The van der Waals surface area contributed by atoms with Crippen molar-refractivity contribution in [3.05, 3.63) is 45.4 Å². The molecule has 0 atom stereocenters. The minimum Gasteiger partial charge on any atom is -0.493 e. The smallest absolute Gasteiger partial charge is 0.162 e. The van der Waals surface area contributed by atoms with Gasteiger partial charge in [0.15, 0.2) is 11.5 Å². The van der Waals surface area contributed by atoms with Crippen molar-refractivity contribution in [3.63, 3.8) is 0 Å². The van der Waals surface area contributed by atoms with Crippen molar-refractivity contribution in [1.29, 1.82) is 0 Å². The lowest BCUT2D eigenvalue weighted by molar-refractivity contribution is 0.310. The lowest BCUT2D eigenvalue weighted by Gasteiger charge is -2.29. The van der Waals surface area contributed by atoms with Crippen molar-refractivity contribution in [2.24, 2.45) is 0 Å². The van der Waals surface area contributed by atoms with Gasteiger partial charge in [-0.2, -0.15) is 0 Å². The second kappa shape index (κ2) is 9.56. The van der Waals surface area contributed by atoms with E-state index in [1.165, 1.54) is 19.3 Å². The summed E-state index contributed by atoms with van der Waals surface area (Å²) in [6.07, 6.45) is 3.79. The average molecular weight is 454 g/mol. The molecule has 1 aliphatic rings. The number of nitrogens with one attached hydrogen (secondary N) is 1. The fourth-order valence-electron chi connectivity index (χ4n) is 3.35. The topological polar surface area (TPSA) is 33.7 Å². The molecule has 0 aliphatic carbocycles. The number of nitrogens with zero attached hydrogens (tertiary/aromatic N) is 1. The summed E-state index contributed by atoms with van der Waals surface area (Å²) in [5.74, 6) is 1.47. The van der Waals surface area contributed by atoms with Crippen molar-refractivity contribution in [2.45, 2.75) is 32.7 Å². The zero-order valence-electron chi connectivity index (χ0n) is 15.9. The highest BCUT2D eigenvalue weighted by molar-refractivity contribution is 9.10. The Hall–Kier alpha value is -1.59. The third kappa shape index (κ3) is 5.02. The zero-order valence-corrected chi connectivity index (χ0v) is 18.2. The van der Waals surface area contributed by atoms with Crippen molar-refractivity contribution in [1.82, 2.24) is 0 Å². The van der Waals surface area contributed by atoms with E-state index in [4.69, 9.17) is 21.1 Å². The Balaban J connectivity index is 1.70. The van der Waals surface area contributed by atoms with Gasteiger partial charge < -0.3 is 19.7 Å². The Kier molecular flexibility index (Phi) is 7.13. The summed E-state index contributed by atoms with van der Waals surface area (Å²) in [7, 11) is 1.65. The molecule has 0 spiro atoms. The van der Waals surface area contributed by atoms with Gasteiger partial charge in [0.2, 0.25) is 0 Å². The maximum absolute atomic E-state index is 6.55. The second-order valence-electron chi connectivity index (χ2n) is 6.59. The first-order valence-corrected chi connectivity index (χ1v) is 10.6. The van der Waals surface area contributed by atoms with Gasteiger partial charge in [0.1, 0.15) is 0 Å². The molecule has 0 unspecified atom stereocenters. The van der Waals surface area contributed by atoms with E-state index in [0.29, 0.717) is 13.2 Å². The van der Waals surface area contributed by atoms with Gasteiger partial charge in [-0.05, 0) is 62.1 Å². The summed E-state index contributed by atoms with van der Waals surface area (Å²) in [4.78, 5) is 2.38. The van der Waals surface area contributed by atoms with Crippen LogP contribution >= 0.6 is 27.5 Å². The van der Waals surface area contributed by atoms with Crippen LogP contribution in [0.1, 0.15) is 31.7 Å². The third-order valence-electron chi connectivity index (χ3n) is 4.76. The Labute approximate surface area is 174 Å². The molecule has 4 nitrogen and oxygen atoms in total. The van der Waals surface area contributed by atoms with Crippen LogP contribution in [0, 0.1) is 0 Å². The first kappa shape index (κ1) is 20.2. The molecule has 2 aromatic rings. The van der Waals surface area contributed by atoms with Crippen LogP contribution in [0.25, 0.3) is 0 Å². The zero-order chi connectivity index (χ0) is 19.2. The third-order valence-corrected chi connectivity index (χ3v) is 5.80. The van der Waals surface area contributed by atoms with Crippen molar-refractivity contribution < 1.29 is 9.47 Å². The lowest BCUT2D eigenvalue weighted by Crippen LogP contribution is -2.29. The Morgan fingerprint density at radius 1 is 1.11 bits per heavy atom. The van der Waals surface area contributed by atoms with E-state index < -0.39 is 0 Å². The van der Waals surface area contributed by atoms with E-state index in [-0.39, 0.29) is 0 Å². The van der Waals surface area contributed by atoms with Crippen molar-refractivity contribution in [2.75, 3.05) is 37.0 Å². The standard InChI is InChI=1S/C21H26BrClN2O2/c1-3-27-21-13-17(22)15(11-20(21)26-2)14-24-16-7-8-19(18(23)12-16)25-9-5-4-6-10-25/h7-8,11-13,24H,3-6,9-10,14H2,1-2H3. The molecule has 146 valence electrons. The first-order chi connectivity index (χ1) is 13.1. The van der Waals surface area contributed by atoms with E-state index >= 15 is 0 Å². The Bertz CT molecular complexity index is 779. The van der Waals surface area contributed by atoms with Crippen molar-refractivity contribution in [3.8, 4) is 11.5 Å². The highest BCUT2D eigenvalue weighted by atomic mass is 79.9. The molecule has 1 fully saturated rings. The predicted octanol–water partition coefficient (Wildman–Crippen LogP) is 6.11. The number of rotatable bonds is 7. The fourth-order valence-corrected chi connectivity index (χ4v) is 4.11. The van der Waals surface area contributed by atoms with Crippen LogP contribution in [0.15, 0.2) is 34.8 Å². The molecule has 1 saturated heterocycles. The van der Waals surface area contributed by atoms with E-state index in [9.17, 15) is 0 Å². The van der Waals surface area contributed by atoms with Gasteiger partial charge in [0, 0.05) is 29.8 Å². The Morgan fingerprint density at radius 3 is 2.56 bits per heavy atom. The van der Waals surface area contributed by atoms with Crippen molar-refractivity contribution >= 4 is 38.9 Å². The quantitative estimate of drug-likeness (QED) is 0.548. The number of piperidine rings is 1. The van der Waals surface area contributed by atoms with Gasteiger partial charge in [-0.15, -0.1) is 0 Å². The van der Waals surface area contributed by atoms with Gasteiger partial charge >= 0.3 is 0 Å². The molecule has 3 rings (SSSR count). The molecule has 0 saturated carbocycles. The molecule has 0 amide bonds. The maximum atomic E-state index is 6.55. The number of anilines is 2. The van der Waals surface area contributed by atoms with Gasteiger partial charge in [0.25, 0.3) is 0 Å². The largest absolute Gasteiger partial charge is 0.493 e. The maximum Gasteiger partial charge on any atom is 0.162 e. The summed E-state index contributed by atoms with van der Waals surface area (Å²) < 4.78 is 12.0. The van der Waals surface area contributed by atoms with E-state index in [1.54, 1.807) is 7.11 Å². The SMILES string of the molecule is CCOc1cc(Br)c(CNc2ccc(N3CCCCC3)c(Cl)c2)cc1OC. The van der Waals surface area contributed by atoms with E-state index in [1.807, 2.05) is 25.1 Å². The normalized spacial score (nSPS) is 14.1. The Morgan fingerprint density at radius 2 is 1.89 bits per heavy atom. The highest BCUT2D eigenvalue weighted by Crippen LogP contribution is 2.35. The first-order valence-electron chi connectivity index (χ1n) is 9.40. The number of methoxy groups -OCH3 is 1. The molecule has 27 heavy (non-hydrogen) atoms. The van der Waals surface area contributed by atoms with E-state index in [2.05, 4.69) is 38.3 Å². The molecule has 0 bridgehead atoms. The summed E-state index contributed by atoms with van der Waals surface area (Å²) >= 11 is 10.2. The van der Waals surface area contributed by atoms with E-state index in [0.717, 1.165) is 51.0 Å². The van der Waals surface area contributed by atoms with Gasteiger partial charge in [0.05, 0.1) is 24.4 Å². The summed E-state index contributed by atoms with van der Waals surface area (Å²) in [5, 5.41) is 4.24. The molecule has 6 heteroatoms. The molecule has 0 aromatic heterocycles. The molecular formula is C21H26BrClN2O2. The number of benzene rings is 2. The lowest BCUT2D eigenvalue weighted by atomic mass is 10.1. The van der Waals surface area contributed by atoms with Gasteiger partial charge in [-0.3, -0.25) is 0 Å². The molecule has 0 radical (unpaired) electrons. The fraction of sp³-hybridized carbons (Fsp3) is 0.429. The minimum atomic E-state index is 0.599. The van der Waals surface area contributed by atoms with Crippen LogP contribution in [0.5, 0.6) is 11.5 Å². The number of hydrogen-bond donors (Lipinski definition) is 1. The average Bonchev–Trinajstić information content (AvgIpc) is 2.68. The summed E-state index contributed by atoms with van der Waals surface area (Å²) in [6, 6.07) is 10.2. The predicted molar refractivity (Wildman–Crippen MR) is 117 cm³/mol. The molecule has 1 heterocycles. The molecule has 2 aromatic carbocycles. The summed E-state index contributed by atoms with van der Waals surface area (Å²) in [6.45, 7) is 5.39. The van der Waals surface area contributed by atoms with Crippen LogP contribution in [-0.4, -0.2) is 26.8 Å².